The molecule has 3 N–H and O–H groups in total. The van der Waals surface area contributed by atoms with Crippen LogP contribution in [-0.4, -0.2) is 51.0 Å². The lowest BCUT2D eigenvalue weighted by Crippen LogP contribution is -2.42. The van der Waals surface area contributed by atoms with Crippen molar-refractivity contribution in [2.45, 2.75) is 25.8 Å². The molecule has 29 heavy (non-hydrogen) atoms. The molecule has 2 atom stereocenters. The van der Waals surface area contributed by atoms with Gasteiger partial charge < -0.3 is 15.2 Å². The van der Waals surface area contributed by atoms with Crippen molar-refractivity contribution in [3.63, 3.8) is 0 Å². The van der Waals surface area contributed by atoms with E-state index in [9.17, 15) is 14.4 Å². The van der Waals surface area contributed by atoms with E-state index >= 15 is 0 Å². The summed E-state index contributed by atoms with van der Waals surface area (Å²) >= 11 is 1.60. The van der Waals surface area contributed by atoms with Gasteiger partial charge in [0.1, 0.15) is 11.4 Å². The zero-order chi connectivity index (χ0) is 20.1. The summed E-state index contributed by atoms with van der Waals surface area (Å²) in [5, 5.41) is 11.2. The molecule has 2 aliphatic rings. The van der Waals surface area contributed by atoms with Crippen LogP contribution in [0.15, 0.2) is 28.4 Å². The van der Waals surface area contributed by atoms with Gasteiger partial charge in [-0.25, -0.2) is 5.10 Å². The number of fused-ring (bicyclic) bond motifs is 1. The van der Waals surface area contributed by atoms with Crippen molar-refractivity contribution in [1.29, 1.82) is 0 Å². The van der Waals surface area contributed by atoms with Crippen LogP contribution < -0.4 is 10.9 Å². The molecule has 9 heteroatoms. The van der Waals surface area contributed by atoms with E-state index in [1.165, 1.54) is 6.07 Å². The summed E-state index contributed by atoms with van der Waals surface area (Å²) in [7, 11) is 0. The summed E-state index contributed by atoms with van der Waals surface area (Å²) < 4.78 is 1.07. The first-order valence-electron chi connectivity index (χ1n) is 9.72. The number of thiophene rings is 1. The molecule has 0 unspecified atom stereocenters. The monoisotopic (exact) mass is 411 g/mol. The first-order valence-corrected chi connectivity index (χ1v) is 10.6. The van der Waals surface area contributed by atoms with Gasteiger partial charge in [-0.2, -0.15) is 5.10 Å². The molecule has 0 aromatic carbocycles. The fraction of sp³-hybridized carbons (Fsp3) is 0.400. The van der Waals surface area contributed by atoms with Gasteiger partial charge >= 0.3 is 0 Å². The fourth-order valence-electron chi connectivity index (χ4n) is 4.14. The number of aryl methyl sites for hydroxylation is 1. The highest BCUT2D eigenvalue weighted by Crippen LogP contribution is 2.41. The Hall–Kier alpha value is -2.94. The third-order valence-electron chi connectivity index (χ3n) is 5.89. The smallest absolute Gasteiger partial charge is 0.272 e. The topological polar surface area (TPSA) is 111 Å². The van der Waals surface area contributed by atoms with Crippen LogP contribution in [0, 0.1) is 18.8 Å². The number of hydrogen-bond donors (Lipinski definition) is 3. The minimum atomic E-state index is -0.324. The van der Waals surface area contributed by atoms with E-state index in [2.05, 4.69) is 20.5 Å². The van der Waals surface area contributed by atoms with Crippen molar-refractivity contribution in [3.05, 3.63) is 50.9 Å². The summed E-state index contributed by atoms with van der Waals surface area (Å²) in [5.41, 5.74) is 1.89. The molecule has 3 aromatic heterocycles. The predicted molar refractivity (Wildman–Crippen MR) is 109 cm³/mol. The number of nitrogens with zero attached hydrogens (tertiary/aromatic N) is 2. The number of aromatic nitrogens is 3. The predicted octanol–water partition coefficient (Wildman–Crippen LogP) is 1.90. The quantitative estimate of drug-likeness (QED) is 0.609. The summed E-state index contributed by atoms with van der Waals surface area (Å²) in [6.45, 7) is 2.75. The number of rotatable bonds is 4. The minimum absolute atomic E-state index is 0.0335. The van der Waals surface area contributed by atoms with Gasteiger partial charge in [0, 0.05) is 24.6 Å². The first kappa shape index (κ1) is 18.1. The van der Waals surface area contributed by atoms with Crippen LogP contribution in [0.25, 0.3) is 10.2 Å². The SMILES string of the molecule is Cc1cc(C(=O)N[C@@H]2CN(C(=O)c3cc4sccc4[nH]3)C[C@H]2C2CC2)n[nH]c1=O. The third kappa shape index (κ3) is 3.35. The van der Waals surface area contributed by atoms with Gasteiger partial charge in [-0.15, -0.1) is 11.3 Å². The zero-order valence-corrected chi connectivity index (χ0v) is 16.7. The van der Waals surface area contributed by atoms with Crippen LogP contribution >= 0.6 is 11.3 Å². The summed E-state index contributed by atoms with van der Waals surface area (Å²) in [6, 6.07) is 5.23. The van der Waals surface area contributed by atoms with Crippen LogP contribution in [0.2, 0.25) is 0 Å². The second-order valence-electron chi connectivity index (χ2n) is 7.94. The van der Waals surface area contributed by atoms with Crippen LogP contribution in [0.3, 0.4) is 0 Å². The highest BCUT2D eigenvalue weighted by molar-refractivity contribution is 7.17. The van der Waals surface area contributed by atoms with Crippen molar-refractivity contribution in [3.8, 4) is 0 Å². The maximum atomic E-state index is 13.0. The molecule has 1 aliphatic heterocycles. The number of likely N-dealkylation sites (tertiary alicyclic amines) is 1. The van der Waals surface area contributed by atoms with E-state index in [1.54, 1.807) is 18.3 Å². The Bertz CT molecular complexity index is 1130. The van der Waals surface area contributed by atoms with Crippen LogP contribution in [0.5, 0.6) is 0 Å². The van der Waals surface area contributed by atoms with Gasteiger partial charge in [0.15, 0.2) is 0 Å². The van der Waals surface area contributed by atoms with Crippen molar-refractivity contribution >= 4 is 33.4 Å². The van der Waals surface area contributed by atoms with E-state index in [0.717, 1.165) is 23.1 Å². The maximum Gasteiger partial charge on any atom is 0.272 e. The molecule has 8 nitrogen and oxygen atoms in total. The molecular formula is C20H21N5O3S. The second kappa shape index (κ2) is 6.84. The molecular weight excluding hydrogens is 390 g/mol. The Kier molecular flexibility index (Phi) is 4.27. The van der Waals surface area contributed by atoms with Crippen molar-refractivity contribution in [1.82, 2.24) is 25.4 Å². The van der Waals surface area contributed by atoms with E-state index in [4.69, 9.17) is 0 Å². The largest absolute Gasteiger partial charge is 0.350 e. The molecule has 150 valence electrons. The molecule has 0 spiro atoms. The van der Waals surface area contributed by atoms with Gasteiger partial charge in [0.25, 0.3) is 17.4 Å². The van der Waals surface area contributed by atoms with Gasteiger partial charge in [-0.3, -0.25) is 14.4 Å². The summed E-state index contributed by atoms with van der Waals surface area (Å²) in [6.07, 6.45) is 2.26. The number of carbonyl (C=O) groups excluding carboxylic acids is 2. The molecule has 1 aliphatic carbocycles. The highest BCUT2D eigenvalue weighted by Gasteiger charge is 2.44. The van der Waals surface area contributed by atoms with Gasteiger partial charge in [0.2, 0.25) is 0 Å². The Morgan fingerprint density at radius 1 is 1.28 bits per heavy atom. The Labute approximate surface area is 170 Å². The average Bonchev–Trinajstić information content (AvgIpc) is 3.10. The Morgan fingerprint density at radius 3 is 2.83 bits per heavy atom. The molecule has 4 heterocycles. The summed E-state index contributed by atoms with van der Waals surface area (Å²) in [5.74, 6) is 0.418. The molecule has 2 fully saturated rings. The van der Waals surface area contributed by atoms with Crippen molar-refractivity contribution < 1.29 is 9.59 Å². The third-order valence-corrected chi connectivity index (χ3v) is 6.75. The number of carbonyl (C=O) groups is 2. The molecule has 2 amide bonds. The molecule has 3 aromatic rings. The lowest BCUT2D eigenvalue weighted by molar-refractivity contribution is 0.0775. The molecule has 1 saturated heterocycles. The van der Waals surface area contributed by atoms with Crippen LogP contribution in [-0.2, 0) is 0 Å². The number of amides is 2. The van der Waals surface area contributed by atoms with Gasteiger partial charge in [0.05, 0.1) is 16.3 Å². The molecule has 5 rings (SSSR count). The van der Waals surface area contributed by atoms with Gasteiger partial charge in [-0.05, 0) is 49.3 Å². The maximum absolute atomic E-state index is 13.0. The zero-order valence-electron chi connectivity index (χ0n) is 15.9. The van der Waals surface area contributed by atoms with E-state index in [-0.39, 0.29) is 35.0 Å². The van der Waals surface area contributed by atoms with E-state index < -0.39 is 0 Å². The number of hydrogen-bond acceptors (Lipinski definition) is 5. The highest BCUT2D eigenvalue weighted by atomic mass is 32.1. The lowest BCUT2D eigenvalue weighted by Gasteiger charge is -2.18. The Balaban J connectivity index is 1.33. The first-order chi connectivity index (χ1) is 14.0. The normalized spacial score (nSPS) is 21.6. The molecule has 0 radical (unpaired) electrons. The second-order valence-corrected chi connectivity index (χ2v) is 8.89. The van der Waals surface area contributed by atoms with Gasteiger partial charge in [-0.1, -0.05) is 0 Å². The van der Waals surface area contributed by atoms with Crippen molar-refractivity contribution in [2.75, 3.05) is 13.1 Å². The van der Waals surface area contributed by atoms with Crippen LogP contribution in [0.4, 0.5) is 0 Å². The van der Waals surface area contributed by atoms with Crippen molar-refractivity contribution in [2.24, 2.45) is 11.8 Å². The standard InChI is InChI=1S/C20H21N5O3S/c1-10-6-14(23-24-18(10)26)19(27)22-16-9-25(8-12(16)11-2-3-11)20(28)15-7-17-13(21-15)4-5-29-17/h4-7,11-12,16,21H,2-3,8-9H2,1H3,(H,22,27)(H,24,26)/t12-,16+/m0/s1. The average molecular weight is 411 g/mol. The number of H-pyrrole nitrogens is 2. The Morgan fingerprint density at radius 2 is 2.10 bits per heavy atom. The summed E-state index contributed by atoms with van der Waals surface area (Å²) in [4.78, 5) is 42.2. The molecule has 1 saturated carbocycles. The van der Waals surface area contributed by atoms with Crippen LogP contribution in [0.1, 0.15) is 39.4 Å². The van der Waals surface area contributed by atoms with E-state index in [0.29, 0.717) is 30.3 Å². The minimum Gasteiger partial charge on any atom is -0.350 e. The fourth-order valence-corrected chi connectivity index (χ4v) is 4.93. The number of nitrogens with one attached hydrogen (secondary N) is 3. The van der Waals surface area contributed by atoms with E-state index in [1.807, 2.05) is 22.4 Å². The lowest BCUT2D eigenvalue weighted by atomic mass is 9.98. The molecule has 0 bridgehead atoms. The number of aromatic amines is 2.